The number of fused-ring (bicyclic) bond motifs is 1. The number of carbonyl (C=O) groups is 2. The number of nitrogens with one attached hydrogen (secondary N) is 1. The monoisotopic (exact) mass is 436 g/mol. The Labute approximate surface area is 189 Å². The fourth-order valence-corrected chi connectivity index (χ4v) is 3.57. The zero-order valence-electron chi connectivity index (χ0n) is 19.1. The Morgan fingerprint density at radius 3 is 2.59 bits per heavy atom. The van der Waals surface area contributed by atoms with Gasteiger partial charge in [0.1, 0.15) is 18.1 Å². The summed E-state index contributed by atoms with van der Waals surface area (Å²) in [6, 6.07) is 15.3. The third kappa shape index (κ3) is 6.09. The normalized spacial score (nSPS) is 10.8. The summed E-state index contributed by atoms with van der Waals surface area (Å²) in [5.41, 5.74) is 2.72. The van der Waals surface area contributed by atoms with Crippen LogP contribution >= 0.6 is 0 Å². The van der Waals surface area contributed by atoms with Gasteiger partial charge in [0.25, 0.3) is 0 Å². The van der Waals surface area contributed by atoms with Crippen LogP contribution in [0.25, 0.3) is 11.0 Å². The van der Waals surface area contributed by atoms with Crippen molar-refractivity contribution in [2.45, 2.75) is 39.2 Å². The Morgan fingerprint density at radius 1 is 1.12 bits per heavy atom. The van der Waals surface area contributed by atoms with Gasteiger partial charge in [0.15, 0.2) is 0 Å². The first-order chi connectivity index (χ1) is 15.5. The molecule has 3 rings (SSSR count). The number of imidazole rings is 1. The Hall–Kier alpha value is -3.35. The first kappa shape index (κ1) is 23.3. The third-order valence-electron chi connectivity index (χ3n) is 5.49. The Morgan fingerprint density at radius 2 is 1.88 bits per heavy atom. The van der Waals surface area contributed by atoms with Gasteiger partial charge < -0.3 is 19.5 Å². The summed E-state index contributed by atoms with van der Waals surface area (Å²) >= 11 is 0. The molecule has 7 heteroatoms. The van der Waals surface area contributed by atoms with E-state index in [1.165, 1.54) is 0 Å². The van der Waals surface area contributed by atoms with Crippen molar-refractivity contribution in [3.63, 3.8) is 0 Å². The van der Waals surface area contributed by atoms with Crippen molar-refractivity contribution in [1.82, 2.24) is 19.8 Å². The molecule has 3 aromatic rings. The van der Waals surface area contributed by atoms with Crippen LogP contribution in [0.1, 0.15) is 31.2 Å². The van der Waals surface area contributed by atoms with Crippen LogP contribution < -0.4 is 10.1 Å². The number of unbranched alkanes of at least 4 members (excludes halogenated alkanes) is 1. The molecule has 2 amide bonds. The highest BCUT2D eigenvalue weighted by Crippen LogP contribution is 2.17. The second-order valence-electron chi connectivity index (χ2n) is 7.90. The molecule has 0 aliphatic heterocycles. The molecule has 0 saturated heterocycles. The number of aromatic nitrogens is 2. The number of nitrogens with zero attached hydrogens (tertiary/aromatic N) is 3. The maximum absolute atomic E-state index is 12.7. The molecule has 1 N–H and O–H groups in total. The van der Waals surface area contributed by atoms with Crippen molar-refractivity contribution in [1.29, 1.82) is 0 Å². The van der Waals surface area contributed by atoms with Crippen LogP contribution in [0.2, 0.25) is 0 Å². The quantitative estimate of drug-likeness (QED) is 0.501. The molecule has 0 saturated carbocycles. The molecule has 32 heavy (non-hydrogen) atoms. The van der Waals surface area contributed by atoms with Crippen LogP contribution in [-0.2, 0) is 29.0 Å². The maximum Gasteiger partial charge on any atom is 0.242 e. The van der Waals surface area contributed by atoms with Gasteiger partial charge in [0.2, 0.25) is 11.8 Å². The molecule has 0 unspecified atom stereocenters. The van der Waals surface area contributed by atoms with Gasteiger partial charge in [-0.2, -0.15) is 0 Å². The molecular weight excluding hydrogens is 404 g/mol. The SMILES string of the molecule is CCCCN(C)C(=O)Cn1c(CCNC(=O)Cc2ccc(OC)cc2)nc2ccccc21. The molecule has 0 aliphatic carbocycles. The smallest absolute Gasteiger partial charge is 0.242 e. The average Bonchev–Trinajstić information content (AvgIpc) is 3.15. The fourth-order valence-electron chi connectivity index (χ4n) is 3.57. The number of benzene rings is 2. The zero-order chi connectivity index (χ0) is 22.9. The molecule has 0 spiro atoms. The molecule has 0 radical (unpaired) electrons. The van der Waals surface area contributed by atoms with Crippen LogP contribution in [0.15, 0.2) is 48.5 Å². The van der Waals surface area contributed by atoms with E-state index in [1.54, 1.807) is 12.0 Å². The predicted molar refractivity (Wildman–Crippen MR) is 126 cm³/mol. The van der Waals surface area contributed by atoms with Gasteiger partial charge in [0.05, 0.1) is 24.6 Å². The van der Waals surface area contributed by atoms with Crippen molar-refractivity contribution in [3.05, 3.63) is 59.9 Å². The number of rotatable bonds is 11. The predicted octanol–water partition coefficient (Wildman–Crippen LogP) is 3.20. The van der Waals surface area contributed by atoms with Crippen LogP contribution in [0.4, 0.5) is 0 Å². The Bertz CT molecular complexity index is 1040. The molecular formula is C25H32N4O3. The van der Waals surface area contributed by atoms with E-state index in [-0.39, 0.29) is 18.4 Å². The van der Waals surface area contributed by atoms with Crippen molar-refractivity contribution in [2.24, 2.45) is 0 Å². The minimum atomic E-state index is -0.0480. The van der Waals surface area contributed by atoms with E-state index in [1.807, 2.05) is 60.1 Å². The van der Waals surface area contributed by atoms with Gasteiger partial charge in [-0.15, -0.1) is 0 Å². The Balaban J connectivity index is 1.62. The maximum atomic E-state index is 12.7. The number of amides is 2. The molecule has 1 heterocycles. The number of carbonyl (C=O) groups excluding carboxylic acids is 2. The van der Waals surface area contributed by atoms with Gasteiger partial charge in [0, 0.05) is 26.6 Å². The summed E-state index contributed by atoms with van der Waals surface area (Å²) in [7, 11) is 3.46. The van der Waals surface area contributed by atoms with E-state index >= 15 is 0 Å². The summed E-state index contributed by atoms with van der Waals surface area (Å²) in [6.45, 7) is 3.56. The van der Waals surface area contributed by atoms with E-state index in [2.05, 4.69) is 12.2 Å². The largest absolute Gasteiger partial charge is 0.497 e. The third-order valence-corrected chi connectivity index (χ3v) is 5.49. The number of para-hydroxylation sites is 2. The second kappa shape index (κ2) is 11.3. The topological polar surface area (TPSA) is 76.5 Å². The van der Waals surface area contributed by atoms with Crippen molar-refractivity contribution in [3.8, 4) is 5.75 Å². The number of methoxy groups -OCH3 is 1. The molecule has 0 bridgehead atoms. The molecule has 0 fully saturated rings. The summed E-state index contributed by atoms with van der Waals surface area (Å²) in [4.78, 5) is 31.6. The highest BCUT2D eigenvalue weighted by Gasteiger charge is 2.16. The molecule has 2 aromatic carbocycles. The first-order valence-electron chi connectivity index (χ1n) is 11.1. The lowest BCUT2D eigenvalue weighted by molar-refractivity contribution is -0.130. The van der Waals surface area contributed by atoms with E-state index in [4.69, 9.17) is 9.72 Å². The number of ether oxygens (including phenoxy) is 1. The highest BCUT2D eigenvalue weighted by molar-refractivity contribution is 5.81. The van der Waals surface area contributed by atoms with E-state index in [9.17, 15) is 9.59 Å². The summed E-state index contributed by atoms with van der Waals surface area (Å²) < 4.78 is 7.12. The Kier molecular flexibility index (Phi) is 8.25. The summed E-state index contributed by atoms with van der Waals surface area (Å²) in [6.07, 6.45) is 2.89. The van der Waals surface area contributed by atoms with E-state index < -0.39 is 0 Å². The fraction of sp³-hybridized carbons (Fsp3) is 0.400. The lowest BCUT2D eigenvalue weighted by atomic mass is 10.1. The summed E-state index contributed by atoms with van der Waals surface area (Å²) in [5.74, 6) is 1.58. The van der Waals surface area contributed by atoms with Gasteiger partial charge in [-0.3, -0.25) is 9.59 Å². The van der Waals surface area contributed by atoms with Crippen LogP contribution in [-0.4, -0.2) is 53.5 Å². The zero-order valence-corrected chi connectivity index (χ0v) is 19.1. The lowest BCUT2D eigenvalue weighted by Crippen LogP contribution is -2.32. The van der Waals surface area contributed by atoms with Crippen molar-refractivity contribution < 1.29 is 14.3 Å². The molecule has 1 aromatic heterocycles. The van der Waals surface area contributed by atoms with Crippen molar-refractivity contribution >= 4 is 22.8 Å². The first-order valence-corrected chi connectivity index (χ1v) is 11.1. The summed E-state index contributed by atoms with van der Waals surface area (Å²) in [5, 5.41) is 2.96. The lowest BCUT2D eigenvalue weighted by Gasteiger charge is -2.18. The van der Waals surface area contributed by atoms with E-state index in [0.29, 0.717) is 19.4 Å². The number of hydrogen-bond donors (Lipinski definition) is 1. The van der Waals surface area contributed by atoms with Crippen molar-refractivity contribution in [2.75, 3.05) is 27.2 Å². The van der Waals surface area contributed by atoms with Crippen LogP contribution in [0, 0.1) is 0 Å². The molecule has 170 valence electrons. The van der Waals surface area contributed by atoms with Crippen LogP contribution in [0.3, 0.4) is 0 Å². The van der Waals surface area contributed by atoms with Gasteiger partial charge in [-0.05, 0) is 36.2 Å². The molecule has 0 aliphatic rings. The molecule has 7 nitrogen and oxygen atoms in total. The van der Waals surface area contributed by atoms with Crippen LogP contribution in [0.5, 0.6) is 5.75 Å². The molecule has 0 atom stereocenters. The minimum absolute atomic E-state index is 0.0480. The number of likely N-dealkylation sites (N-methyl/N-ethyl adjacent to an activating group) is 1. The standard InChI is InChI=1S/C25H32N4O3/c1-4-5-16-28(2)25(31)18-29-22-9-7-6-8-21(22)27-23(29)14-15-26-24(30)17-19-10-12-20(32-3)13-11-19/h6-13H,4-5,14-18H2,1-3H3,(H,26,30). The second-order valence-corrected chi connectivity index (χ2v) is 7.90. The van der Waals surface area contributed by atoms with Gasteiger partial charge in [-0.25, -0.2) is 4.98 Å². The number of hydrogen-bond acceptors (Lipinski definition) is 4. The minimum Gasteiger partial charge on any atom is -0.497 e. The highest BCUT2D eigenvalue weighted by atomic mass is 16.5. The van der Waals surface area contributed by atoms with Gasteiger partial charge >= 0.3 is 0 Å². The average molecular weight is 437 g/mol. The van der Waals surface area contributed by atoms with Gasteiger partial charge in [-0.1, -0.05) is 37.6 Å². The van der Waals surface area contributed by atoms with E-state index in [0.717, 1.165) is 47.6 Å².